The van der Waals surface area contributed by atoms with Crippen LogP contribution in [0.2, 0.25) is 0 Å². The maximum absolute atomic E-state index is 5.99. The lowest BCUT2D eigenvalue weighted by atomic mass is 9.89. The van der Waals surface area contributed by atoms with Gasteiger partial charge in [-0.2, -0.15) is 0 Å². The Morgan fingerprint density at radius 2 is 2.25 bits per heavy atom. The zero-order valence-corrected chi connectivity index (χ0v) is 9.43. The molecule has 2 fully saturated rings. The van der Waals surface area contributed by atoms with Crippen LogP contribution >= 0.6 is 0 Å². The van der Waals surface area contributed by atoms with Crippen LogP contribution in [-0.4, -0.2) is 27.0 Å². The fraction of sp³-hybridized carbons (Fsp3) is 0.818. The third kappa shape index (κ3) is 1.69. The largest absolute Gasteiger partial charge is 0.375 e. The van der Waals surface area contributed by atoms with Gasteiger partial charge in [0.05, 0.1) is 11.6 Å². The Hall–Kier alpha value is -1.10. The minimum Gasteiger partial charge on any atom is -0.375 e. The molecule has 1 aliphatic heterocycles. The quantitative estimate of drug-likeness (QED) is 0.782. The molecule has 0 aromatic carbocycles. The molecule has 2 N–H and O–H groups in total. The molecule has 1 atom stereocenters. The first kappa shape index (κ1) is 10.1. The first-order chi connectivity index (χ1) is 7.77. The topological polar surface area (TPSA) is 66.0 Å². The summed E-state index contributed by atoms with van der Waals surface area (Å²) in [4.78, 5) is 4.00. The van der Waals surface area contributed by atoms with Gasteiger partial charge < -0.3 is 10.5 Å². The maximum atomic E-state index is 5.99. The lowest BCUT2D eigenvalue weighted by Gasteiger charge is -2.38. The molecular formula is C11H18N4O. The zero-order valence-electron chi connectivity index (χ0n) is 9.43. The fourth-order valence-electron chi connectivity index (χ4n) is 3.06. The Bertz CT molecular complexity index is 370. The van der Waals surface area contributed by atoms with Gasteiger partial charge in [0.25, 0.3) is 0 Å². The maximum Gasteiger partial charge on any atom is 0.239 e. The van der Waals surface area contributed by atoms with Crippen molar-refractivity contribution in [3.05, 3.63) is 6.33 Å². The highest BCUT2D eigenvalue weighted by Gasteiger charge is 2.40. The van der Waals surface area contributed by atoms with Gasteiger partial charge in [0.2, 0.25) is 5.95 Å². The van der Waals surface area contributed by atoms with E-state index in [1.165, 1.54) is 25.7 Å². The van der Waals surface area contributed by atoms with Crippen LogP contribution < -0.4 is 5.73 Å². The van der Waals surface area contributed by atoms with Crippen molar-refractivity contribution in [1.29, 1.82) is 0 Å². The lowest BCUT2D eigenvalue weighted by Crippen LogP contribution is -2.38. The van der Waals surface area contributed by atoms with Gasteiger partial charge in [-0.05, 0) is 25.7 Å². The fourth-order valence-corrected chi connectivity index (χ4v) is 3.06. The molecule has 88 valence electrons. The van der Waals surface area contributed by atoms with E-state index in [9.17, 15) is 0 Å². The third-order valence-corrected chi connectivity index (χ3v) is 3.88. The summed E-state index contributed by atoms with van der Waals surface area (Å²) in [5, 5.41) is 4.22. The highest BCUT2D eigenvalue weighted by atomic mass is 16.5. The number of nitrogen functional groups attached to an aromatic ring is 1. The highest BCUT2D eigenvalue weighted by molar-refractivity contribution is 5.10. The van der Waals surface area contributed by atoms with Crippen molar-refractivity contribution in [1.82, 2.24) is 14.8 Å². The number of nitrogens with zero attached hydrogens (tertiary/aromatic N) is 3. The van der Waals surface area contributed by atoms with Crippen LogP contribution in [0.1, 0.15) is 44.6 Å². The molecule has 3 rings (SSSR count). The van der Waals surface area contributed by atoms with E-state index in [4.69, 9.17) is 10.5 Å². The first-order valence-electron chi connectivity index (χ1n) is 6.08. The van der Waals surface area contributed by atoms with Crippen LogP contribution in [0.3, 0.4) is 0 Å². The van der Waals surface area contributed by atoms with E-state index in [0.717, 1.165) is 19.4 Å². The molecule has 1 aromatic rings. The predicted octanol–water partition coefficient (Wildman–Crippen LogP) is 1.52. The molecule has 2 aliphatic rings. The van der Waals surface area contributed by atoms with Crippen molar-refractivity contribution < 1.29 is 4.74 Å². The van der Waals surface area contributed by atoms with E-state index in [-0.39, 0.29) is 5.60 Å². The van der Waals surface area contributed by atoms with Crippen LogP contribution in [-0.2, 0) is 4.74 Å². The highest BCUT2D eigenvalue weighted by Crippen LogP contribution is 2.43. The molecule has 0 amide bonds. The van der Waals surface area contributed by atoms with E-state index < -0.39 is 0 Å². The van der Waals surface area contributed by atoms with Crippen molar-refractivity contribution in [2.24, 2.45) is 0 Å². The smallest absolute Gasteiger partial charge is 0.239 e. The van der Waals surface area contributed by atoms with Crippen molar-refractivity contribution in [2.75, 3.05) is 12.3 Å². The van der Waals surface area contributed by atoms with Crippen molar-refractivity contribution in [3.63, 3.8) is 0 Å². The summed E-state index contributed by atoms with van der Waals surface area (Å²) < 4.78 is 7.91. The van der Waals surface area contributed by atoms with Crippen molar-refractivity contribution >= 4 is 5.95 Å². The van der Waals surface area contributed by atoms with Gasteiger partial charge in [0.1, 0.15) is 6.33 Å². The van der Waals surface area contributed by atoms with Crippen molar-refractivity contribution in [3.8, 4) is 0 Å². The van der Waals surface area contributed by atoms with Crippen molar-refractivity contribution in [2.45, 2.75) is 50.2 Å². The standard InChI is InChI=1S/C11H18N4O/c12-10-13-8-15(14-10)9-3-6-16-11(7-9)4-1-2-5-11/h8-9H,1-7H2,(H2,12,14). The van der Waals surface area contributed by atoms with Gasteiger partial charge >= 0.3 is 0 Å². The van der Waals surface area contributed by atoms with Gasteiger partial charge in [-0.25, -0.2) is 9.67 Å². The Labute approximate surface area is 95.0 Å². The number of aromatic nitrogens is 3. The second kappa shape index (κ2) is 3.73. The van der Waals surface area contributed by atoms with E-state index in [1.54, 1.807) is 6.33 Å². The van der Waals surface area contributed by atoms with Crippen LogP contribution in [0, 0.1) is 0 Å². The molecule has 1 saturated heterocycles. The van der Waals surface area contributed by atoms with Gasteiger partial charge in [-0.15, -0.1) is 5.10 Å². The minimum absolute atomic E-state index is 0.129. The molecule has 1 saturated carbocycles. The summed E-state index contributed by atoms with van der Waals surface area (Å²) in [6.07, 6.45) is 8.83. The van der Waals surface area contributed by atoms with E-state index in [0.29, 0.717) is 12.0 Å². The van der Waals surface area contributed by atoms with Crippen LogP contribution in [0.5, 0.6) is 0 Å². The summed E-state index contributed by atoms with van der Waals surface area (Å²) in [5.74, 6) is 0.368. The molecule has 1 aliphatic carbocycles. The number of nitrogens with two attached hydrogens (primary N) is 1. The molecule has 2 heterocycles. The average Bonchev–Trinajstić information content (AvgIpc) is 2.89. The Morgan fingerprint density at radius 3 is 2.94 bits per heavy atom. The summed E-state index contributed by atoms with van der Waals surface area (Å²) in [6, 6.07) is 0.414. The summed E-state index contributed by atoms with van der Waals surface area (Å²) in [5.41, 5.74) is 5.68. The minimum atomic E-state index is 0.129. The monoisotopic (exact) mass is 222 g/mol. The Balaban J connectivity index is 1.77. The third-order valence-electron chi connectivity index (χ3n) is 3.88. The number of rotatable bonds is 1. The summed E-state index contributed by atoms with van der Waals surface area (Å²) >= 11 is 0. The van der Waals surface area contributed by atoms with Crippen LogP contribution in [0.4, 0.5) is 5.95 Å². The summed E-state index contributed by atoms with van der Waals surface area (Å²) in [6.45, 7) is 0.838. The van der Waals surface area contributed by atoms with Gasteiger partial charge in [-0.3, -0.25) is 0 Å². The number of hydrogen-bond donors (Lipinski definition) is 1. The van der Waals surface area contributed by atoms with Crippen LogP contribution in [0.25, 0.3) is 0 Å². The predicted molar refractivity (Wildman–Crippen MR) is 59.9 cm³/mol. The van der Waals surface area contributed by atoms with Gasteiger partial charge in [-0.1, -0.05) is 12.8 Å². The van der Waals surface area contributed by atoms with E-state index in [2.05, 4.69) is 10.1 Å². The zero-order chi connectivity index (χ0) is 11.0. The van der Waals surface area contributed by atoms with E-state index >= 15 is 0 Å². The van der Waals surface area contributed by atoms with E-state index in [1.807, 2.05) is 4.68 Å². The number of anilines is 1. The molecule has 5 heteroatoms. The number of ether oxygens (including phenoxy) is 1. The Morgan fingerprint density at radius 1 is 1.44 bits per heavy atom. The second-order valence-corrected chi connectivity index (χ2v) is 4.97. The van der Waals surface area contributed by atoms with Gasteiger partial charge in [0.15, 0.2) is 0 Å². The number of hydrogen-bond acceptors (Lipinski definition) is 4. The van der Waals surface area contributed by atoms with Crippen LogP contribution in [0.15, 0.2) is 6.33 Å². The summed E-state index contributed by atoms with van der Waals surface area (Å²) in [7, 11) is 0. The molecule has 0 bridgehead atoms. The second-order valence-electron chi connectivity index (χ2n) is 4.97. The molecule has 1 unspecified atom stereocenters. The molecule has 1 spiro atoms. The SMILES string of the molecule is Nc1ncn(C2CCOC3(CCCC3)C2)n1. The molecule has 0 radical (unpaired) electrons. The molecule has 1 aromatic heterocycles. The normalized spacial score (nSPS) is 28.6. The molecule has 5 nitrogen and oxygen atoms in total. The lowest BCUT2D eigenvalue weighted by molar-refractivity contribution is -0.0910. The van der Waals surface area contributed by atoms with Gasteiger partial charge in [0, 0.05) is 6.61 Å². The first-order valence-corrected chi connectivity index (χ1v) is 6.08. The molecule has 16 heavy (non-hydrogen) atoms. The molecular weight excluding hydrogens is 204 g/mol. The Kier molecular flexibility index (Phi) is 2.35. The average molecular weight is 222 g/mol.